The lowest BCUT2D eigenvalue weighted by Crippen LogP contribution is -2.32. The number of para-hydroxylation sites is 1. The van der Waals surface area contributed by atoms with Crippen LogP contribution in [0.25, 0.3) is 21.8 Å². The van der Waals surface area contributed by atoms with E-state index < -0.39 is 11.4 Å². The molecule has 1 heterocycles. The molecule has 0 amide bonds. The standard InChI is InChI=1S/C18H17NO2/c20-17(21)18(9-3-4-10-18)12-7-8-16-14(11-12)13-5-1-2-6-15(13)19-16/h1-2,5-8,11,19H,3-4,9-10H2,(H,20,21). The van der Waals surface area contributed by atoms with E-state index in [0.29, 0.717) is 0 Å². The Morgan fingerprint density at radius 3 is 2.48 bits per heavy atom. The Morgan fingerprint density at radius 1 is 1.00 bits per heavy atom. The number of carboxylic acid groups (broad SMARTS) is 1. The smallest absolute Gasteiger partial charge is 0.314 e. The van der Waals surface area contributed by atoms with E-state index in [2.05, 4.69) is 23.2 Å². The zero-order valence-electron chi connectivity index (χ0n) is 11.7. The van der Waals surface area contributed by atoms with Crippen molar-refractivity contribution in [3.05, 3.63) is 48.0 Å². The fraction of sp³-hybridized carbons (Fsp3) is 0.278. The summed E-state index contributed by atoms with van der Waals surface area (Å²) in [5.74, 6) is -0.681. The van der Waals surface area contributed by atoms with E-state index in [1.54, 1.807) is 0 Å². The predicted molar refractivity (Wildman–Crippen MR) is 83.6 cm³/mol. The van der Waals surface area contributed by atoms with Gasteiger partial charge in [-0.25, -0.2) is 0 Å². The molecule has 106 valence electrons. The normalized spacial score (nSPS) is 17.5. The first-order valence-electron chi connectivity index (χ1n) is 7.45. The summed E-state index contributed by atoms with van der Waals surface area (Å²) in [4.78, 5) is 15.2. The number of aliphatic carboxylic acids is 1. The predicted octanol–water partition coefficient (Wildman–Crippen LogP) is 4.22. The third kappa shape index (κ3) is 1.70. The van der Waals surface area contributed by atoms with Crippen molar-refractivity contribution in [2.45, 2.75) is 31.1 Å². The van der Waals surface area contributed by atoms with Gasteiger partial charge in [-0.3, -0.25) is 4.79 Å². The maximum absolute atomic E-state index is 11.9. The average molecular weight is 279 g/mol. The van der Waals surface area contributed by atoms with Crippen LogP contribution < -0.4 is 0 Å². The Balaban J connectivity index is 1.97. The Bertz CT molecular complexity index is 841. The van der Waals surface area contributed by atoms with Gasteiger partial charge in [-0.1, -0.05) is 37.1 Å². The van der Waals surface area contributed by atoms with Gasteiger partial charge in [0.05, 0.1) is 5.41 Å². The van der Waals surface area contributed by atoms with Gasteiger partial charge in [0.2, 0.25) is 0 Å². The molecule has 1 aromatic heterocycles. The van der Waals surface area contributed by atoms with E-state index in [9.17, 15) is 9.90 Å². The maximum Gasteiger partial charge on any atom is 0.314 e. The van der Waals surface area contributed by atoms with Crippen molar-refractivity contribution in [2.75, 3.05) is 0 Å². The molecular formula is C18H17NO2. The third-order valence-electron chi connectivity index (χ3n) is 4.93. The van der Waals surface area contributed by atoms with Crippen LogP contribution >= 0.6 is 0 Å². The molecule has 1 saturated carbocycles. The number of hydrogen-bond acceptors (Lipinski definition) is 1. The number of carboxylic acids is 1. The number of nitrogens with one attached hydrogen (secondary N) is 1. The topological polar surface area (TPSA) is 53.1 Å². The van der Waals surface area contributed by atoms with Crippen LogP contribution in [0.4, 0.5) is 0 Å². The molecule has 3 aromatic rings. The molecule has 4 rings (SSSR count). The average Bonchev–Trinajstić information content (AvgIpc) is 3.12. The first-order chi connectivity index (χ1) is 10.2. The van der Waals surface area contributed by atoms with Crippen molar-refractivity contribution in [1.82, 2.24) is 4.98 Å². The summed E-state index contributed by atoms with van der Waals surface area (Å²) in [5, 5.41) is 12.0. The van der Waals surface area contributed by atoms with Crippen LogP contribution in [0.2, 0.25) is 0 Å². The fourth-order valence-corrected chi connectivity index (χ4v) is 3.75. The van der Waals surface area contributed by atoms with Crippen LogP contribution in [0, 0.1) is 0 Å². The minimum absolute atomic E-state index is 0.681. The van der Waals surface area contributed by atoms with Gasteiger partial charge in [-0.05, 0) is 36.6 Å². The van der Waals surface area contributed by atoms with E-state index >= 15 is 0 Å². The molecule has 0 saturated heterocycles. The quantitative estimate of drug-likeness (QED) is 0.738. The van der Waals surface area contributed by atoms with Crippen LogP contribution in [-0.4, -0.2) is 16.1 Å². The van der Waals surface area contributed by atoms with Crippen LogP contribution in [0.15, 0.2) is 42.5 Å². The Morgan fingerprint density at radius 2 is 1.71 bits per heavy atom. The van der Waals surface area contributed by atoms with Crippen molar-refractivity contribution in [1.29, 1.82) is 0 Å². The van der Waals surface area contributed by atoms with Gasteiger partial charge in [0.15, 0.2) is 0 Å². The van der Waals surface area contributed by atoms with E-state index in [1.807, 2.05) is 24.3 Å². The zero-order chi connectivity index (χ0) is 14.4. The van der Waals surface area contributed by atoms with Gasteiger partial charge >= 0.3 is 5.97 Å². The van der Waals surface area contributed by atoms with Gasteiger partial charge < -0.3 is 10.1 Å². The van der Waals surface area contributed by atoms with E-state index in [1.165, 1.54) is 0 Å². The highest BCUT2D eigenvalue weighted by Crippen LogP contribution is 2.42. The minimum atomic E-state index is -0.688. The summed E-state index contributed by atoms with van der Waals surface area (Å²) in [6.07, 6.45) is 3.49. The first-order valence-corrected chi connectivity index (χ1v) is 7.45. The Labute approximate surface area is 122 Å². The number of fused-ring (bicyclic) bond motifs is 3. The molecule has 0 atom stereocenters. The monoisotopic (exact) mass is 279 g/mol. The number of benzene rings is 2. The van der Waals surface area contributed by atoms with Gasteiger partial charge in [-0.15, -0.1) is 0 Å². The first kappa shape index (κ1) is 12.5. The summed E-state index contributed by atoms with van der Waals surface area (Å²) in [6.45, 7) is 0. The van der Waals surface area contributed by atoms with Crippen molar-refractivity contribution >= 4 is 27.8 Å². The minimum Gasteiger partial charge on any atom is -0.481 e. The van der Waals surface area contributed by atoms with Crippen molar-refractivity contribution in [3.8, 4) is 0 Å². The summed E-state index contributed by atoms with van der Waals surface area (Å²) < 4.78 is 0. The van der Waals surface area contributed by atoms with Crippen molar-refractivity contribution < 1.29 is 9.90 Å². The SMILES string of the molecule is O=C(O)C1(c2ccc3[nH]c4ccccc4c3c2)CCCC1. The molecular weight excluding hydrogens is 262 g/mol. The summed E-state index contributed by atoms with van der Waals surface area (Å²) in [6, 6.07) is 14.2. The Hall–Kier alpha value is -2.29. The number of carbonyl (C=O) groups is 1. The van der Waals surface area contributed by atoms with Crippen LogP contribution in [0.3, 0.4) is 0 Å². The zero-order valence-corrected chi connectivity index (χ0v) is 11.7. The van der Waals surface area contributed by atoms with E-state index in [-0.39, 0.29) is 0 Å². The molecule has 2 aromatic carbocycles. The van der Waals surface area contributed by atoms with Gasteiger partial charge in [0, 0.05) is 21.8 Å². The summed E-state index contributed by atoms with van der Waals surface area (Å²) >= 11 is 0. The second-order valence-electron chi connectivity index (χ2n) is 6.03. The molecule has 0 spiro atoms. The lowest BCUT2D eigenvalue weighted by Gasteiger charge is -2.24. The van der Waals surface area contributed by atoms with Crippen molar-refractivity contribution in [2.24, 2.45) is 0 Å². The number of aromatic amines is 1. The molecule has 3 nitrogen and oxygen atoms in total. The van der Waals surface area contributed by atoms with Crippen LogP contribution in [-0.2, 0) is 10.2 Å². The van der Waals surface area contributed by atoms with Gasteiger partial charge in [-0.2, -0.15) is 0 Å². The second kappa shape index (κ2) is 4.35. The highest BCUT2D eigenvalue weighted by atomic mass is 16.4. The lowest BCUT2D eigenvalue weighted by molar-refractivity contribution is -0.143. The van der Waals surface area contributed by atoms with Crippen LogP contribution in [0.1, 0.15) is 31.2 Å². The molecule has 0 unspecified atom stereocenters. The van der Waals surface area contributed by atoms with E-state index in [4.69, 9.17) is 0 Å². The Kier molecular flexibility index (Phi) is 2.58. The second-order valence-corrected chi connectivity index (χ2v) is 6.03. The number of H-pyrrole nitrogens is 1. The molecule has 2 N–H and O–H groups in total. The maximum atomic E-state index is 11.9. The molecule has 3 heteroatoms. The molecule has 0 aliphatic heterocycles. The number of rotatable bonds is 2. The molecule has 1 fully saturated rings. The van der Waals surface area contributed by atoms with Crippen LogP contribution in [0.5, 0.6) is 0 Å². The largest absolute Gasteiger partial charge is 0.481 e. The lowest BCUT2D eigenvalue weighted by atomic mass is 9.78. The molecule has 1 aliphatic carbocycles. The molecule has 1 aliphatic rings. The summed E-state index contributed by atoms with van der Waals surface area (Å²) in [5.41, 5.74) is 2.43. The van der Waals surface area contributed by atoms with Crippen molar-refractivity contribution in [3.63, 3.8) is 0 Å². The van der Waals surface area contributed by atoms with Gasteiger partial charge in [0.1, 0.15) is 0 Å². The highest BCUT2D eigenvalue weighted by Gasteiger charge is 2.42. The fourth-order valence-electron chi connectivity index (χ4n) is 3.75. The molecule has 0 radical (unpaired) electrons. The third-order valence-corrected chi connectivity index (χ3v) is 4.93. The van der Waals surface area contributed by atoms with Gasteiger partial charge in [0.25, 0.3) is 0 Å². The van der Waals surface area contributed by atoms with E-state index in [0.717, 1.165) is 53.1 Å². The molecule has 21 heavy (non-hydrogen) atoms. The number of aromatic nitrogens is 1. The molecule has 0 bridgehead atoms. The highest BCUT2D eigenvalue weighted by molar-refractivity contribution is 6.07. The number of hydrogen-bond donors (Lipinski definition) is 2. The summed E-state index contributed by atoms with van der Waals surface area (Å²) in [7, 11) is 0.